The van der Waals surface area contributed by atoms with Crippen LogP contribution in [-0.4, -0.2) is 11.1 Å². The monoisotopic (exact) mass is 204 g/mol. The first-order chi connectivity index (χ1) is 7.04. The van der Waals surface area contributed by atoms with E-state index in [0.717, 1.165) is 5.56 Å². The molecule has 0 bridgehead atoms. The topological polar surface area (TPSA) is 46.5 Å². The number of aliphatic hydroxyl groups excluding tert-OH is 1. The third kappa shape index (κ3) is 2.71. The first-order valence-electron chi connectivity index (χ1n) is 4.37. The zero-order valence-corrected chi connectivity index (χ0v) is 8.49. The molecule has 0 amide bonds. The van der Waals surface area contributed by atoms with E-state index in [1.54, 1.807) is 24.3 Å². The lowest BCUT2D eigenvalue weighted by atomic mass is 10.1. The number of hydrogen-bond acceptors (Lipinski definition) is 3. The predicted molar refractivity (Wildman–Crippen MR) is 59.5 cm³/mol. The number of aliphatic hydroxyl groups is 1. The highest BCUT2D eigenvalue weighted by Crippen LogP contribution is 2.23. The van der Waals surface area contributed by atoms with Gasteiger partial charge < -0.3 is 9.84 Å². The van der Waals surface area contributed by atoms with Crippen molar-refractivity contribution in [2.75, 3.05) is 0 Å². The van der Waals surface area contributed by atoms with E-state index < -0.39 is 5.97 Å². The zero-order valence-electron chi connectivity index (χ0n) is 8.49. The third-order valence-corrected chi connectivity index (χ3v) is 1.82. The molecule has 3 heteroatoms. The molecule has 0 aliphatic carbocycles. The van der Waals surface area contributed by atoms with Crippen LogP contribution < -0.4 is 4.74 Å². The minimum Gasteiger partial charge on any atom is -0.508 e. The van der Waals surface area contributed by atoms with Crippen molar-refractivity contribution in [3.63, 3.8) is 0 Å². The first kappa shape index (κ1) is 11.0. The molecule has 0 heterocycles. The van der Waals surface area contributed by atoms with Gasteiger partial charge in [0.2, 0.25) is 0 Å². The molecule has 1 N–H and O–H groups in total. The molecule has 0 fully saturated rings. The van der Waals surface area contributed by atoms with Crippen molar-refractivity contribution < 1.29 is 14.6 Å². The molecule has 0 saturated heterocycles. The van der Waals surface area contributed by atoms with Gasteiger partial charge in [-0.2, -0.15) is 0 Å². The number of rotatable bonds is 3. The van der Waals surface area contributed by atoms with E-state index in [9.17, 15) is 9.90 Å². The van der Waals surface area contributed by atoms with E-state index in [1.165, 1.54) is 6.92 Å². The summed E-state index contributed by atoms with van der Waals surface area (Å²) in [6.45, 7) is 8.34. The van der Waals surface area contributed by atoms with E-state index in [1.807, 2.05) is 0 Å². The Kier molecular flexibility index (Phi) is 3.29. The Hall–Kier alpha value is -2.03. The zero-order chi connectivity index (χ0) is 11.4. The van der Waals surface area contributed by atoms with Crippen molar-refractivity contribution in [3.8, 4) is 5.75 Å². The summed E-state index contributed by atoms with van der Waals surface area (Å²) in [5, 5.41) is 9.31. The highest BCUT2D eigenvalue weighted by atomic mass is 16.5. The highest BCUT2D eigenvalue weighted by Gasteiger charge is 2.06. The Morgan fingerprint density at radius 3 is 2.67 bits per heavy atom. The van der Waals surface area contributed by atoms with E-state index in [4.69, 9.17) is 4.74 Å². The van der Waals surface area contributed by atoms with Crippen LogP contribution in [0.25, 0.3) is 11.8 Å². The second-order valence-electron chi connectivity index (χ2n) is 2.99. The van der Waals surface area contributed by atoms with Crippen LogP contribution >= 0.6 is 0 Å². The van der Waals surface area contributed by atoms with Crippen molar-refractivity contribution in [1.29, 1.82) is 0 Å². The summed E-state index contributed by atoms with van der Waals surface area (Å²) in [5.41, 5.74) is 1.24. The summed E-state index contributed by atoms with van der Waals surface area (Å²) in [5.74, 6) is -0.118. The van der Waals surface area contributed by atoms with Gasteiger partial charge in [-0.1, -0.05) is 25.3 Å². The fourth-order valence-electron chi connectivity index (χ4n) is 1.19. The van der Waals surface area contributed by atoms with E-state index >= 15 is 0 Å². The molecule has 0 aromatic heterocycles. The molecule has 0 spiro atoms. The normalized spacial score (nSPS) is 9.40. The lowest BCUT2D eigenvalue weighted by Gasteiger charge is -2.07. The molecule has 0 radical (unpaired) electrons. The number of carbonyl (C=O) groups excluding carboxylic acids is 1. The van der Waals surface area contributed by atoms with Crippen molar-refractivity contribution in [1.82, 2.24) is 0 Å². The highest BCUT2D eigenvalue weighted by molar-refractivity contribution is 5.73. The molecular weight excluding hydrogens is 192 g/mol. The van der Waals surface area contributed by atoms with Crippen molar-refractivity contribution in [2.45, 2.75) is 6.92 Å². The second kappa shape index (κ2) is 4.46. The molecular formula is C12H12O3. The second-order valence-corrected chi connectivity index (χ2v) is 2.99. The smallest absolute Gasteiger partial charge is 0.308 e. The maximum Gasteiger partial charge on any atom is 0.308 e. The van der Waals surface area contributed by atoms with E-state index in [2.05, 4.69) is 13.2 Å². The summed E-state index contributed by atoms with van der Waals surface area (Å²) in [6, 6.07) is 4.87. The summed E-state index contributed by atoms with van der Waals surface area (Å²) in [7, 11) is 0. The van der Waals surface area contributed by atoms with Gasteiger partial charge in [0, 0.05) is 12.5 Å². The predicted octanol–water partition coefficient (Wildman–Crippen LogP) is 2.78. The Morgan fingerprint density at radius 1 is 1.53 bits per heavy atom. The Balaban J connectivity index is 3.15. The average Bonchev–Trinajstić information content (AvgIpc) is 2.16. The Bertz CT molecular complexity index is 419. The minimum absolute atomic E-state index is 0.0843. The van der Waals surface area contributed by atoms with Crippen LogP contribution in [0.1, 0.15) is 18.1 Å². The quantitative estimate of drug-likeness (QED) is 0.468. The molecule has 1 aromatic rings. The molecule has 0 saturated carbocycles. The molecule has 1 rings (SSSR count). The number of ether oxygens (including phenoxy) is 1. The van der Waals surface area contributed by atoms with Gasteiger partial charge in [-0.3, -0.25) is 4.79 Å². The molecule has 78 valence electrons. The van der Waals surface area contributed by atoms with Crippen molar-refractivity contribution in [3.05, 3.63) is 42.5 Å². The van der Waals surface area contributed by atoms with Gasteiger partial charge in [0.15, 0.2) is 0 Å². The lowest BCUT2D eigenvalue weighted by Crippen LogP contribution is -2.02. The van der Waals surface area contributed by atoms with Crippen LogP contribution in [0.2, 0.25) is 0 Å². The van der Waals surface area contributed by atoms with Crippen LogP contribution in [0, 0.1) is 0 Å². The van der Waals surface area contributed by atoms with Gasteiger partial charge in [-0.25, -0.2) is 0 Å². The molecule has 0 atom stereocenters. The summed E-state index contributed by atoms with van der Waals surface area (Å²) >= 11 is 0. The van der Waals surface area contributed by atoms with Gasteiger partial charge in [-0.15, -0.1) is 0 Å². The molecule has 0 aliphatic heterocycles. The summed E-state index contributed by atoms with van der Waals surface area (Å²) < 4.78 is 4.88. The first-order valence-corrected chi connectivity index (χ1v) is 4.37. The molecule has 0 aliphatic rings. The Labute approximate surface area is 88.3 Å². The van der Waals surface area contributed by atoms with Crippen LogP contribution in [0.15, 0.2) is 31.4 Å². The van der Waals surface area contributed by atoms with E-state index in [-0.39, 0.29) is 5.76 Å². The maximum atomic E-state index is 10.7. The van der Waals surface area contributed by atoms with Gasteiger partial charge in [0.1, 0.15) is 11.5 Å². The van der Waals surface area contributed by atoms with Crippen LogP contribution in [-0.2, 0) is 4.79 Å². The van der Waals surface area contributed by atoms with E-state index in [0.29, 0.717) is 11.3 Å². The number of benzene rings is 1. The maximum absolute atomic E-state index is 10.7. The third-order valence-electron chi connectivity index (χ3n) is 1.82. The molecule has 15 heavy (non-hydrogen) atoms. The van der Waals surface area contributed by atoms with Gasteiger partial charge >= 0.3 is 5.97 Å². The van der Waals surface area contributed by atoms with Gasteiger partial charge in [-0.05, 0) is 17.7 Å². The standard InChI is InChI=1S/C12H12O3/c1-4-10-5-6-11(15-9(3)14)7-12(10)8(2)13/h4-7,13H,1-2H2,3H3. The van der Waals surface area contributed by atoms with Crippen molar-refractivity contribution >= 4 is 17.8 Å². The number of carbonyl (C=O) groups is 1. The summed E-state index contributed by atoms with van der Waals surface area (Å²) in [4.78, 5) is 10.7. The van der Waals surface area contributed by atoms with Crippen LogP contribution in [0.5, 0.6) is 5.75 Å². The SMILES string of the molecule is C=Cc1ccc(OC(C)=O)cc1C(=C)O. The fourth-order valence-corrected chi connectivity index (χ4v) is 1.19. The van der Waals surface area contributed by atoms with Crippen LogP contribution in [0.3, 0.4) is 0 Å². The average molecular weight is 204 g/mol. The van der Waals surface area contributed by atoms with Gasteiger partial charge in [0.25, 0.3) is 0 Å². The molecule has 1 aromatic carbocycles. The van der Waals surface area contributed by atoms with Crippen molar-refractivity contribution in [2.24, 2.45) is 0 Å². The number of hydrogen-bond donors (Lipinski definition) is 1. The molecule has 3 nitrogen and oxygen atoms in total. The Morgan fingerprint density at radius 2 is 2.20 bits per heavy atom. The van der Waals surface area contributed by atoms with Gasteiger partial charge in [0.05, 0.1) is 0 Å². The number of esters is 1. The largest absolute Gasteiger partial charge is 0.508 e. The lowest BCUT2D eigenvalue weighted by molar-refractivity contribution is -0.131. The van der Waals surface area contributed by atoms with Crippen LogP contribution in [0.4, 0.5) is 0 Å². The summed E-state index contributed by atoms with van der Waals surface area (Å²) in [6.07, 6.45) is 1.59. The molecule has 0 unspecified atom stereocenters. The fraction of sp³-hybridized carbons (Fsp3) is 0.0833. The minimum atomic E-state index is -0.407.